The number of hydrogen-bond acceptors (Lipinski definition) is 2. The van der Waals surface area contributed by atoms with Crippen LogP contribution < -0.4 is 5.32 Å². The highest BCUT2D eigenvalue weighted by Crippen LogP contribution is 2.77. The first-order valence-corrected chi connectivity index (χ1v) is 19.2. The fourth-order valence-corrected chi connectivity index (χ4v) is 13.1. The van der Waals surface area contributed by atoms with E-state index < -0.39 is 0 Å². The van der Waals surface area contributed by atoms with Gasteiger partial charge in [0.05, 0.1) is 5.41 Å². The van der Waals surface area contributed by atoms with Crippen LogP contribution in [0.15, 0.2) is 47.6 Å². The first-order valence-electron chi connectivity index (χ1n) is 19.2. The Bertz CT molecular complexity index is 1270. The summed E-state index contributed by atoms with van der Waals surface area (Å²) in [4.78, 5) is 16.4. The number of carbonyl (C=O) groups is 1. The van der Waals surface area contributed by atoms with Gasteiger partial charge in [-0.15, -0.1) is 0 Å². The summed E-state index contributed by atoms with van der Waals surface area (Å²) in [6.07, 6.45) is 21.5. The average Bonchev–Trinajstić information content (AvgIpc) is 3.39. The van der Waals surface area contributed by atoms with Gasteiger partial charge < -0.3 is 10.2 Å². The third-order valence-corrected chi connectivity index (χ3v) is 15.9. The molecular weight excluding hydrogens is 560 g/mol. The Morgan fingerprint density at radius 2 is 1.70 bits per heavy atom. The molecule has 0 aromatic heterocycles. The molecule has 4 fully saturated rings. The molecule has 4 saturated carbocycles. The number of carbonyl (C=O) groups excluding carboxylic acids is 1. The van der Waals surface area contributed by atoms with E-state index in [-0.39, 0.29) is 16.2 Å². The Labute approximate surface area is 284 Å². The van der Waals surface area contributed by atoms with E-state index in [0.29, 0.717) is 46.3 Å². The Morgan fingerprint density at radius 1 is 0.978 bits per heavy atom. The molecule has 0 radical (unpaired) electrons. The minimum atomic E-state index is -0.168. The van der Waals surface area contributed by atoms with Gasteiger partial charge in [0.2, 0.25) is 5.91 Å². The van der Waals surface area contributed by atoms with Crippen molar-refractivity contribution in [1.82, 2.24) is 10.2 Å². The normalized spacial score (nSPS) is 42.1. The second-order valence-corrected chi connectivity index (χ2v) is 18.6. The van der Waals surface area contributed by atoms with Crippen molar-refractivity contribution in [3.8, 4) is 0 Å². The van der Waals surface area contributed by atoms with Crippen molar-refractivity contribution in [3.05, 3.63) is 47.6 Å². The number of nitrogens with one attached hydrogen (secondary N) is 1. The maximum Gasteiger partial charge on any atom is 0.226 e. The van der Waals surface area contributed by atoms with Crippen molar-refractivity contribution in [2.45, 2.75) is 127 Å². The molecule has 9 atom stereocenters. The van der Waals surface area contributed by atoms with Crippen LogP contribution in [0.25, 0.3) is 0 Å². The monoisotopic (exact) mass is 631 g/mol. The molecule has 258 valence electrons. The molecule has 5 rings (SSSR count). The van der Waals surface area contributed by atoms with Gasteiger partial charge in [-0.3, -0.25) is 4.79 Å². The summed E-state index contributed by atoms with van der Waals surface area (Å²) < 4.78 is 0. The molecule has 0 spiro atoms. The molecular formula is C43H70N2O. The lowest BCUT2D eigenvalue weighted by molar-refractivity contribution is -0.228. The molecule has 3 heteroatoms. The molecule has 5 aliphatic carbocycles. The smallest absolute Gasteiger partial charge is 0.226 e. The largest absolute Gasteiger partial charge is 0.354 e. The zero-order valence-corrected chi connectivity index (χ0v) is 31.8. The first kappa shape index (κ1) is 35.7. The van der Waals surface area contributed by atoms with Crippen LogP contribution in [-0.2, 0) is 4.79 Å². The molecule has 1 unspecified atom stereocenters. The number of rotatable bonds is 9. The van der Waals surface area contributed by atoms with Crippen molar-refractivity contribution >= 4 is 5.91 Å². The van der Waals surface area contributed by atoms with Gasteiger partial charge in [0.15, 0.2) is 0 Å². The third-order valence-electron chi connectivity index (χ3n) is 15.9. The minimum Gasteiger partial charge on any atom is -0.354 e. The molecule has 0 aromatic carbocycles. The average molecular weight is 631 g/mol. The van der Waals surface area contributed by atoms with Crippen LogP contribution in [0, 0.1) is 62.6 Å². The lowest BCUT2D eigenvalue weighted by Crippen LogP contribution is -2.66. The van der Waals surface area contributed by atoms with Crippen LogP contribution in [0.2, 0.25) is 0 Å². The highest BCUT2D eigenvalue weighted by atomic mass is 16.2. The summed E-state index contributed by atoms with van der Waals surface area (Å²) in [6.45, 7) is 28.5. The first-order chi connectivity index (χ1) is 21.5. The molecule has 0 heterocycles. The van der Waals surface area contributed by atoms with Gasteiger partial charge >= 0.3 is 0 Å². The predicted octanol–water partition coefficient (Wildman–Crippen LogP) is 10.4. The van der Waals surface area contributed by atoms with Crippen molar-refractivity contribution in [2.75, 3.05) is 27.2 Å². The number of likely N-dealkylation sites (N-methyl/N-ethyl adjacent to an activating group) is 1. The Morgan fingerprint density at radius 3 is 2.33 bits per heavy atom. The Balaban J connectivity index is 1.49. The van der Waals surface area contributed by atoms with Crippen LogP contribution in [0.1, 0.15) is 127 Å². The van der Waals surface area contributed by atoms with Crippen LogP contribution in [0.5, 0.6) is 0 Å². The topological polar surface area (TPSA) is 32.3 Å². The van der Waals surface area contributed by atoms with Crippen molar-refractivity contribution < 1.29 is 4.79 Å². The number of amides is 1. The number of allylic oxidation sites excluding steroid dienone is 7. The van der Waals surface area contributed by atoms with Crippen LogP contribution in [0.4, 0.5) is 0 Å². The van der Waals surface area contributed by atoms with Gasteiger partial charge in [-0.1, -0.05) is 91.8 Å². The van der Waals surface area contributed by atoms with Crippen LogP contribution in [-0.4, -0.2) is 38.0 Å². The lowest BCUT2D eigenvalue weighted by Gasteiger charge is -2.72. The molecule has 0 aliphatic heterocycles. The fraction of sp³-hybridized carbons (Fsp3) is 0.791. The number of hydrogen-bond donors (Lipinski definition) is 1. The molecule has 1 N–H and O–H groups in total. The summed E-state index contributed by atoms with van der Waals surface area (Å²) in [5.41, 5.74) is 5.07. The molecule has 3 nitrogen and oxygen atoms in total. The quantitative estimate of drug-likeness (QED) is 0.257. The van der Waals surface area contributed by atoms with Crippen molar-refractivity contribution in [3.63, 3.8) is 0 Å². The van der Waals surface area contributed by atoms with E-state index >= 15 is 0 Å². The summed E-state index contributed by atoms with van der Waals surface area (Å²) >= 11 is 0. The van der Waals surface area contributed by atoms with E-state index in [1.54, 1.807) is 0 Å². The standard InChI is InChI=1S/C43H70N2O/c1-13-30(5)15-16-31(14-2)33-20-22-40(8)35(39(33,6)7)21-23-42(10)36(40)18-17-34-37-32(29(3)4)19-24-43(37,26-25-41(34,42)9)38(46)44-27-28-45(11)12/h14-16,20,29,32,34-37H,2,13,17-19,21-28H2,1,3-12H3,(H,44,46)/b30-15+,31-16+/t32-,34?,35-,36+,37+,40-,41+,42+,43-/m0/s1. The molecule has 1 amide bonds. The minimum absolute atomic E-state index is 0.112. The zero-order chi connectivity index (χ0) is 33.9. The van der Waals surface area contributed by atoms with E-state index in [0.717, 1.165) is 38.3 Å². The maximum absolute atomic E-state index is 14.3. The van der Waals surface area contributed by atoms with Gasteiger partial charge in [0, 0.05) is 13.1 Å². The summed E-state index contributed by atoms with van der Waals surface area (Å²) in [7, 11) is 4.20. The number of fused-ring (bicyclic) bond motifs is 7. The van der Waals surface area contributed by atoms with Gasteiger partial charge in [0.1, 0.15) is 0 Å². The van der Waals surface area contributed by atoms with E-state index in [1.807, 2.05) is 0 Å². The van der Waals surface area contributed by atoms with E-state index in [4.69, 9.17) is 0 Å². The van der Waals surface area contributed by atoms with Crippen molar-refractivity contribution in [2.24, 2.45) is 62.6 Å². The molecule has 0 saturated heterocycles. The Kier molecular flexibility index (Phi) is 9.84. The van der Waals surface area contributed by atoms with Gasteiger partial charge in [-0.05, 0) is 154 Å². The van der Waals surface area contributed by atoms with Crippen molar-refractivity contribution in [1.29, 1.82) is 0 Å². The van der Waals surface area contributed by atoms with E-state index in [2.05, 4.69) is 118 Å². The highest BCUT2D eigenvalue weighted by molar-refractivity contribution is 5.83. The summed E-state index contributed by atoms with van der Waals surface area (Å²) in [6, 6.07) is 0. The van der Waals surface area contributed by atoms with Gasteiger partial charge in [-0.2, -0.15) is 0 Å². The second kappa shape index (κ2) is 12.7. The summed E-state index contributed by atoms with van der Waals surface area (Å²) in [5.74, 6) is 4.22. The predicted molar refractivity (Wildman–Crippen MR) is 196 cm³/mol. The van der Waals surface area contributed by atoms with Crippen LogP contribution >= 0.6 is 0 Å². The van der Waals surface area contributed by atoms with Gasteiger partial charge in [0.25, 0.3) is 0 Å². The lowest BCUT2D eigenvalue weighted by atomic mass is 9.32. The van der Waals surface area contributed by atoms with Gasteiger partial charge in [-0.25, -0.2) is 0 Å². The van der Waals surface area contributed by atoms with E-state index in [9.17, 15) is 4.79 Å². The Hall–Kier alpha value is -1.61. The fourth-order valence-electron chi connectivity index (χ4n) is 13.1. The maximum atomic E-state index is 14.3. The highest BCUT2D eigenvalue weighted by Gasteiger charge is 2.71. The molecule has 0 bridgehead atoms. The van der Waals surface area contributed by atoms with E-state index in [1.165, 1.54) is 61.7 Å². The SMILES string of the molecule is C=C/C(=C\C=C(/C)CC)C1=CC[C@]2(C)[C@H]3CCC4[C@H]5[C@H](C(C)C)CC[C@]5(C(=O)NCCN(C)C)CC[C@@]4(C)[C@]3(C)CC[C@H]2C1(C)C. The number of nitrogens with zero attached hydrogens (tertiary/aromatic N) is 1. The molecule has 0 aromatic rings. The molecule has 5 aliphatic rings. The summed E-state index contributed by atoms with van der Waals surface area (Å²) in [5, 5.41) is 3.47. The zero-order valence-electron chi connectivity index (χ0n) is 31.8. The molecule has 46 heavy (non-hydrogen) atoms. The third kappa shape index (κ3) is 5.36. The van der Waals surface area contributed by atoms with Crippen LogP contribution in [0.3, 0.4) is 0 Å². The second-order valence-electron chi connectivity index (χ2n) is 18.6.